The lowest BCUT2D eigenvalue weighted by atomic mass is 10.00. The Labute approximate surface area is 166 Å². The Balaban J connectivity index is 2.16. The van der Waals surface area contributed by atoms with Gasteiger partial charge in [0.15, 0.2) is 0 Å². The third-order valence-corrected chi connectivity index (χ3v) is 4.98. The Kier molecular flexibility index (Phi) is 5.95. The second-order valence-corrected chi connectivity index (χ2v) is 7.37. The van der Waals surface area contributed by atoms with Gasteiger partial charge >= 0.3 is 0 Å². The fraction of sp³-hybridized carbons (Fsp3) is 0.304. The zero-order chi connectivity index (χ0) is 20.3. The molecule has 2 aromatic carbocycles. The Hall–Kier alpha value is -2.92. The van der Waals surface area contributed by atoms with Crippen LogP contribution >= 0.6 is 0 Å². The Morgan fingerprint density at radius 2 is 1.68 bits per heavy atom. The summed E-state index contributed by atoms with van der Waals surface area (Å²) in [7, 11) is 4.03. The summed E-state index contributed by atoms with van der Waals surface area (Å²) >= 11 is 0. The average Bonchev–Trinajstić information content (AvgIpc) is 2.96. The monoisotopic (exact) mass is 377 g/mol. The SMILES string of the molecule is CC(=O)NC(CCN(C)C)c1c(C)n(C(=O)c2ccccc2)c2ccccc12. The molecule has 1 atom stereocenters. The van der Waals surface area contributed by atoms with E-state index in [0.717, 1.165) is 35.1 Å². The molecule has 0 aliphatic heterocycles. The minimum atomic E-state index is -0.158. The van der Waals surface area contributed by atoms with E-state index in [0.29, 0.717) is 5.56 Å². The first kappa shape index (κ1) is 19.8. The van der Waals surface area contributed by atoms with Crippen molar-refractivity contribution in [1.82, 2.24) is 14.8 Å². The van der Waals surface area contributed by atoms with Crippen LogP contribution in [0.15, 0.2) is 54.6 Å². The summed E-state index contributed by atoms with van der Waals surface area (Å²) in [4.78, 5) is 27.3. The zero-order valence-electron chi connectivity index (χ0n) is 16.9. The summed E-state index contributed by atoms with van der Waals surface area (Å²) in [6, 6.07) is 17.0. The molecule has 0 bridgehead atoms. The van der Waals surface area contributed by atoms with Crippen molar-refractivity contribution < 1.29 is 9.59 Å². The molecule has 0 saturated heterocycles. The predicted molar refractivity (Wildman–Crippen MR) is 113 cm³/mol. The van der Waals surface area contributed by atoms with Crippen molar-refractivity contribution in [3.05, 3.63) is 71.4 Å². The number of nitrogens with zero attached hydrogens (tertiary/aromatic N) is 2. The van der Waals surface area contributed by atoms with Crippen molar-refractivity contribution in [1.29, 1.82) is 0 Å². The summed E-state index contributed by atoms with van der Waals surface area (Å²) < 4.78 is 1.77. The molecule has 1 unspecified atom stereocenters. The lowest BCUT2D eigenvalue weighted by molar-refractivity contribution is -0.119. The van der Waals surface area contributed by atoms with E-state index in [9.17, 15) is 9.59 Å². The highest BCUT2D eigenvalue weighted by Gasteiger charge is 2.25. The first-order valence-corrected chi connectivity index (χ1v) is 9.51. The first-order valence-electron chi connectivity index (χ1n) is 9.51. The minimum Gasteiger partial charge on any atom is -0.349 e. The number of carbonyl (C=O) groups excluding carboxylic acids is 2. The molecule has 0 saturated carbocycles. The normalized spacial score (nSPS) is 12.3. The Bertz CT molecular complexity index is 990. The molecule has 3 aromatic rings. The Morgan fingerprint density at radius 3 is 2.32 bits per heavy atom. The maximum Gasteiger partial charge on any atom is 0.262 e. The number of nitrogens with one attached hydrogen (secondary N) is 1. The molecule has 0 fully saturated rings. The second-order valence-electron chi connectivity index (χ2n) is 7.37. The van der Waals surface area contributed by atoms with Crippen LogP contribution in [0.1, 0.15) is 41.0 Å². The van der Waals surface area contributed by atoms with E-state index in [2.05, 4.69) is 10.2 Å². The highest BCUT2D eigenvalue weighted by Crippen LogP contribution is 2.33. The smallest absolute Gasteiger partial charge is 0.262 e. The molecule has 146 valence electrons. The third kappa shape index (κ3) is 3.99. The average molecular weight is 377 g/mol. The van der Waals surface area contributed by atoms with E-state index in [4.69, 9.17) is 0 Å². The number of hydrogen-bond donors (Lipinski definition) is 1. The molecule has 1 amide bonds. The van der Waals surface area contributed by atoms with Gasteiger partial charge in [0, 0.05) is 29.1 Å². The largest absolute Gasteiger partial charge is 0.349 e. The molecule has 3 rings (SSSR count). The first-order chi connectivity index (χ1) is 13.4. The van der Waals surface area contributed by atoms with Gasteiger partial charge in [-0.1, -0.05) is 36.4 Å². The maximum atomic E-state index is 13.3. The minimum absolute atomic E-state index is 0.0604. The van der Waals surface area contributed by atoms with Gasteiger partial charge in [-0.05, 0) is 52.2 Å². The highest BCUT2D eigenvalue weighted by atomic mass is 16.2. The van der Waals surface area contributed by atoms with E-state index in [1.165, 1.54) is 6.92 Å². The van der Waals surface area contributed by atoms with Gasteiger partial charge < -0.3 is 10.2 Å². The van der Waals surface area contributed by atoms with Gasteiger partial charge in [0.2, 0.25) is 5.91 Å². The Morgan fingerprint density at radius 1 is 1.04 bits per heavy atom. The second kappa shape index (κ2) is 8.40. The lowest BCUT2D eigenvalue weighted by Crippen LogP contribution is -2.29. The van der Waals surface area contributed by atoms with Crippen LogP contribution in [0.4, 0.5) is 0 Å². The topological polar surface area (TPSA) is 54.3 Å². The van der Waals surface area contributed by atoms with Crippen molar-refractivity contribution in [2.24, 2.45) is 0 Å². The number of amides is 1. The summed E-state index contributed by atoms with van der Waals surface area (Å²) in [6.45, 7) is 4.32. The molecule has 1 heterocycles. The van der Waals surface area contributed by atoms with Crippen LogP contribution < -0.4 is 5.32 Å². The number of aromatic nitrogens is 1. The molecular weight excluding hydrogens is 350 g/mol. The third-order valence-electron chi connectivity index (χ3n) is 4.98. The van der Waals surface area contributed by atoms with Crippen molar-refractivity contribution in [2.45, 2.75) is 26.3 Å². The standard InChI is InChI=1S/C23H27N3O2/c1-16-22(20(24-17(2)27)14-15-25(3)4)19-12-8-9-13-21(19)26(16)23(28)18-10-6-5-7-11-18/h5-13,20H,14-15H2,1-4H3,(H,24,27). The molecule has 0 radical (unpaired) electrons. The number of para-hydroxylation sites is 1. The number of benzene rings is 2. The van der Waals surface area contributed by atoms with Crippen molar-refractivity contribution in [3.63, 3.8) is 0 Å². The van der Waals surface area contributed by atoms with Crippen LogP contribution in [0.5, 0.6) is 0 Å². The predicted octanol–water partition coefficient (Wildman–Crippen LogP) is 3.77. The molecule has 28 heavy (non-hydrogen) atoms. The number of hydrogen-bond acceptors (Lipinski definition) is 3. The van der Waals surface area contributed by atoms with Crippen molar-refractivity contribution in [2.75, 3.05) is 20.6 Å². The van der Waals surface area contributed by atoms with Crippen molar-refractivity contribution >= 4 is 22.7 Å². The number of carbonyl (C=O) groups is 2. The van der Waals surface area contributed by atoms with Crippen LogP contribution in [0.25, 0.3) is 10.9 Å². The van der Waals surface area contributed by atoms with Gasteiger partial charge in [0.05, 0.1) is 11.6 Å². The van der Waals surface area contributed by atoms with E-state index in [1.54, 1.807) is 4.57 Å². The van der Waals surface area contributed by atoms with E-state index >= 15 is 0 Å². The fourth-order valence-corrected chi connectivity index (χ4v) is 3.73. The summed E-state index contributed by atoms with van der Waals surface area (Å²) in [6.07, 6.45) is 0.765. The molecule has 1 N–H and O–H groups in total. The van der Waals surface area contributed by atoms with E-state index < -0.39 is 0 Å². The molecule has 0 aliphatic carbocycles. The summed E-state index contributed by atoms with van der Waals surface area (Å²) in [5.41, 5.74) is 3.39. The molecule has 0 aliphatic rings. The summed E-state index contributed by atoms with van der Waals surface area (Å²) in [5, 5.41) is 4.09. The molecule has 5 nitrogen and oxygen atoms in total. The van der Waals surface area contributed by atoms with Crippen molar-refractivity contribution in [3.8, 4) is 0 Å². The molecule has 1 aromatic heterocycles. The van der Waals surface area contributed by atoms with Gasteiger partial charge in [-0.15, -0.1) is 0 Å². The van der Waals surface area contributed by atoms with Crippen LogP contribution in [-0.4, -0.2) is 41.9 Å². The number of rotatable bonds is 6. The van der Waals surface area contributed by atoms with E-state index in [1.807, 2.05) is 75.6 Å². The van der Waals surface area contributed by atoms with Gasteiger partial charge in [-0.2, -0.15) is 0 Å². The van der Waals surface area contributed by atoms with Crippen LogP contribution in [0, 0.1) is 6.92 Å². The fourth-order valence-electron chi connectivity index (χ4n) is 3.73. The van der Waals surface area contributed by atoms with Gasteiger partial charge in [-0.3, -0.25) is 14.2 Å². The number of fused-ring (bicyclic) bond motifs is 1. The van der Waals surface area contributed by atoms with Crippen LogP contribution in [0.2, 0.25) is 0 Å². The lowest BCUT2D eigenvalue weighted by Gasteiger charge is -2.21. The molecular formula is C23H27N3O2. The summed E-state index contributed by atoms with van der Waals surface area (Å²) in [5.74, 6) is -0.135. The molecule has 5 heteroatoms. The van der Waals surface area contributed by atoms with Gasteiger partial charge in [-0.25, -0.2) is 0 Å². The van der Waals surface area contributed by atoms with Gasteiger partial charge in [0.1, 0.15) is 0 Å². The van der Waals surface area contributed by atoms with Gasteiger partial charge in [0.25, 0.3) is 5.91 Å². The zero-order valence-corrected chi connectivity index (χ0v) is 16.9. The highest BCUT2D eigenvalue weighted by molar-refractivity contribution is 6.04. The molecule has 0 spiro atoms. The van der Waals surface area contributed by atoms with Crippen LogP contribution in [0.3, 0.4) is 0 Å². The maximum absolute atomic E-state index is 13.3. The quantitative estimate of drug-likeness (QED) is 0.711. The van der Waals surface area contributed by atoms with E-state index in [-0.39, 0.29) is 17.9 Å². The van der Waals surface area contributed by atoms with Crippen LogP contribution in [-0.2, 0) is 4.79 Å².